The average Bonchev–Trinajstić information content (AvgIpc) is 3.00. The number of thioether (sulfide) groups is 1. The van der Waals surface area contributed by atoms with E-state index in [9.17, 15) is 4.79 Å². The molecule has 0 aliphatic carbocycles. The molecule has 1 aliphatic rings. The Hall–Kier alpha value is -2.20. The minimum atomic E-state index is 0.0445. The van der Waals surface area contributed by atoms with Crippen molar-refractivity contribution < 1.29 is 9.53 Å². The van der Waals surface area contributed by atoms with E-state index in [1.54, 1.807) is 11.8 Å². The molecule has 1 heterocycles. The Labute approximate surface area is 134 Å². The molecule has 22 heavy (non-hydrogen) atoms. The lowest BCUT2D eigenvalue weighted by Gasteiger charge is -2.29. The standard InChI is InChI=1S/C18H17NO2S/c1-2-21-17-11-7-6-10-16(17)19-15(12-20)13-22-18(19)14-8-4-3-5-9-14/h3-13,18H,2H2,1H3. The fourth-order valence-corrected chi connectivity index (χ4v) is 3.62. The van der Waals surface area contributed by atoms with Gasteiger partial charge in [-0.25, -0.2) is 0 Å². The number of aldehydes is 1. The largest absolute Gasteiger partial charge is 0.492 e. The van der Waals surface area contributed by atoms with Crippen molar-refractivity contribution >= 4 is 23.7 Å². The number of allylic oxidation sites excluding steroid dienone is 1. The van der Waals surface area contributed by atoms with Crippen LogP contribution < -0.4 is 9.64 Å². The molecule has 0 spiro atoms. The molecule has 0 fully saturated rings. The van der Waals surface area contributed by atoms with Crippen molar-refractivity contribution in [3.05, 3.63) is 71.3 Å². The molecule has 3 nitrogen and oxygen atoms in total. The fourth-order valence-electron chi connectivity index (χ4n) is 2.52. The van der Waals surface area contributed by atoms with E-state index in [2.05, 4.69) is 12.1 Å². The van der Waals surface area contributed by atoms with E-state index >= 15 is 0 Å². The summed E-state index contributed by atoms with van der Waals surface area (Å²) in [5.74, 6) is 0.793. The first kappa shape index (κ1) is 14.7. The van der Waals surface area contributed by atoms with E-state index in [0.717, 1.165) is 23.3 Å². The lowest BCUT2D eigenvalue weighted by molar-refractivity contribution is -0.105. The van der Waals surface area contributed by atoms with Crippen molar-refractivity contribution in [2.45, 2.75) is 12.3 Å². The maximum absolute atomic E-state index is 11.5. The zero-order valence-electron chi connectivity index (χ0n) is 12.3. The molecular formula is C18H17NO2S. The lowest BCUT2D eigenvalue weighted by atomic mass is 10.1. The second kappa shape index (κ2) is 6.71. The highest BCUT2D eigenvalue weighted by atomic mass is 32.2. The third kappa shape index (κ3) is 2.74. The van der Waals surface area contributed by atoms with Crippen LogP contribution in [0.2, 0.25) is 0 Å². The van der Waals surface area contributed by atoms with Gasteiger partial charge in [0.15, 0.2) is 6.29 Å². The van der Waals surface area contributed by atoms with Crippen LogP contribution in [-0.2, 0) is 4.79 Å². The van der Waals surface area contributed by atoms with Crippen LogP contribution in [0.5, 0.6) is 5.75 Å². The van der Waals surface area contributed by atoms with E-state index in [1.807, 2.05) is 59.7 Å². The van der Waals surface area contributed by atoms with Crippen LogP contribution in [0.4, 0.5) is 5.69 Å². The first-order valence-electron chi connectivity index (χ1n) is 7.22. The normalized spacial score (nSPS) is 17.2. The van der Waals surface area contributed by atoms with E-state index in [1.165, 1.54) is 0 Å². The lowest BCUT2D eigenvalue weighted by Crippen LogP contribution is -2.23. The quantitative estimate of drug-likeness (QED) is 0.767. The molecule has 0 bridgehead atoms. The van der Waals surface area contributed by atoms with E-state index in [-0.39, 0.29) is 5.37 Å². The number of anilines is 1. The molecule has 0 N–H and O–H groups in total. The van der Waals surface area contributed by atoms with E-state index < -0.39 is 0 Å². The van der Waals surface area contributed by atoms with Crippen molar-refractivity contribution in [3.8, 4) is 5.75 Å². The molecule has 0 amide bonds. The van der Waals surface area contributed by atoms with Gasteiger partial charge in [-0.15, -0.1) is 11.8 Å². The van der Waals surface area contributed by atoms with Crippen molar-refractivity contribution in [2.75, 3.05) is 11.5 Å². The highest BCUT2D eigenvalue weighted by molar-refractivity contribution is 8.02. The van der Waals surface area contributed by atoms with Crippen molar-refractivity contribution in [1.29, 1.82) is 0 Å². The number of hydrogen-bond donors (Lipinski definition) is 0. The molecule has 0 radical (unpaired) electrons. The summed E-state index contributed by atoms with van der Waals surface area (Å²) < 4.78 is 5.73. The summed E-state index contributed by atoms with van der Waals surface area (Å²) in [6.45, 7) is 2.55. The molecule has 1 unspecified atom stereocenters. The molecule has 0 saturated heterocycles. The Bertz CT molecular complexity index is 684. The van der Waals surface area contributed by atoms with Gasteiger partial charge in [0.2, 0.25) is 0 Å². The van der Waals surface area contributed by atoms with Gasteiger partial charge in [0.1, 0.15) is 11.1 Å². The van der Waals surface area contributed by atoms with Gasteiger partial charge >= 0.3 is 0 Å². The number of ether oxygens (including phenoxy) is 1. The molecule has 0 saturated carbocycles. The molecular weight excluding hydrogens is 294 g/mol. The van der Waals surface area contributed by atoms with E-state index in [4.69, 9.17) is 4.74 Å². The van der Waals surface area contributed by atoms with Gasteiger partial charge in [0, 0.05) is 5.41 Å². The van der Waals surface area contributed by atoms with Crippen LogP contribution >= 0.6 is 11.8 Å². The monoisotopic (exact) mass is 311 g/mol. The number of hydrogen-bond acceptors (Lipinski definition) is 4. The zero-order chi connectivity index (χ0) is 15.4. The van der Waals surface area contributed by atoms with Gasteiger partial charge in [-0.05, 0) is 24.6 Å². The number of carbonyl (C=O) groups is 1. The van der Waals surface area contributed by atoms with E-state index in [0.29, 0.717) is 12.3 Å². The number of carbonyl (C=O) groups excluding carboxylic acids is 1. The molecule has 4 heteroatoms. The summed E-state index contributed by atoms with van der Waals surface area (Å²) in [6.07, 6.45) is 0.901. The molecule has 1 atom stereocenters. The van der Waals surface area contributed by atoms with Gasteiger partial charge < -0.3 is 9.64 Å². The third-order valence-electron chi connectivity index (χ3n) is 3.46. The highest BCUT2D eigenvalue weighted by Gasteiger charge is 2.31. The van der Waals surface area contributed by atoms with Crippen LogP contribution in [0.25, 0.3) is 0 Å². The van der Waals surface area contributed by atoms with Crippen LogP contribution in [-0.4, -0.2) is 12.9 Å². The smallest absolute Gasteiger partial charge is 0.167 e. The fraction of sp³-hybridized carbons (Fsp3) is 0.167. The van der Waals surface area contributed by atoms with Gasteiger partial charge in [0.05, 0.1) is 18.0 Å². The van der Waals surface area contributed by atoms with Gasteiger partial charge in [0.25, 0.3) is 0 Å². The number of benzene rings is 2. The predicted molar refractivity (Wildman–Crippen MR) is 91.0 cm³/mol. The summed E-state index contributed by atoms with van der Waals surface area (Å²) in [7, 11) is 0. The summed E-state index contributed by atoms with van der Waals surface area (Å²) >= 11 is 1.63. The van der Waals surface area contributed by atoms with Crippen LogP contribution in [0.3, 0.4) is 0 Å². The average molecular weight is 311 g/mol. The van der Waals surface area contributed by atoms with Crippen LogP contribution in [0.15, 0.2) is 65.7 Å². The van der Waals surface area contributed by atoms with Gasteiger partial charge in [-0.1, -0.05) is 42.5 Å². The maximum Gasteiger partial charge on any atom is 0.167 e. The number of para-hydroxylation sites is 2. The number of rotatable bonds is 5. The number of nitrogens with zero attached hydrogens (tertiary/aromatic N) is 1. The molecule has 2 aromatic rings. The Kier molecular flexibility index (Phi) is 4.49. The molecule has 3 rings (SSSR count). The SMILES string of the molecule is CCOc1ccccc1N1C(C=O)=CSC1c1ccccc1. The molecule has 2 aromatic carbocycles. The first-order valence-corrected chi connectivity index (χ1v) is 8.16. The third-order valence-corrected chi connectivity index (χ3v) is 4.58. The Morgan fingerprint density at radius 2 is 1.86 bits per heavy atom. The van der Waals surface area contributed by atoms with Gasteiger partial charge in [-0.2, -0.15) is 0 Å². The summed E-state index contributed by atoms with van der Waals surface area (Å²) in [5, 5.41) is 1.95. The van der Waals surface area contributed by atoms with Crippen LogP contribution in [0.1, 0.15) is 17.9 Å². The molecule has 0 aromatic heterocycles. The molecule has 112 valence electrons. The second-order valence-electron chi connectivity index (χ2n) is 4.83. The van der Waals surface area contributed by atoms with Gasteiger partial charge in [-0.3, -0.25) is 4.79 Å². The van der Waals surface area contributed by atoms with Crippen molar-refractivity contribution in [2.24, 2.45) is 0 Å². The maximum atomic E-state index is 11.5. The van der Waals surface area contributed by atoms with Crippen molar-refractivity contribution in [3.63, 3.8) is 0 Å². The second-order valence-corrected chi connectivity index (χ2v) is 5.78. The highest BCUT2D eigenvalue weighted by Crippen LogP contribution is 2.47. The predicted octanol–water partition coefficient (Wildman–Crippen LogP) is 4.38. The summed E-state index contributed by atoms with van der Waals surface area (Å²) in [6, 6.07) is 18.0. The minimum Gasteiger partial charge on any atom is -0.492 e. The van der Waals surface area contributed by atoms with Crippen molar-refractivity contribution in [1.82, 2.24) is 0 Å². The summed E-state index contributed by atoms with van der Waals surface area (Å²) in [4.78, 5) is 13.5. The zero-order valence-corrected chi connectivity index (χ0v) is 13.1. The first-order chi connectivity index (χ1) is 10.8. The Morgan fingerprint density at radius 3 is 2.59 bits per heavy atom. The summed E-state index contributed by atoms with van der Waals surface area (Å²) in [5.41, 5.74) is 2.74. The Balaban J connectivity index is 2.04. The Morgan fingerprint density at radius 1 is 1.14 bits per heavy atom. The topological polar surface area (TPSA) is 29.5 Å². The molecule has 1 aliphatic heterocycles. The minimum absolute atomic E-state index is 0.0445. The van der Waals surface area contributed by atoms with Crippen LogP contribution in [0, 0.1) is 0 Å².